The molecule has 9 nitrogen and oxygen atoms in total. The number of ether oxygens (including phenoxy) is 1. The fraction of sp³-hybridized carbons (Fsp3) is 0.840. The van der Waals surface area contributed by atoms with Gasteiger partial charge in [0.2, 0.25) is 11.8 Å². The molecule has 4 atom stereocenters. The highest BCUT2D eigenvalue weighted by atomic mass is 32.2. The van der Waals surface area contributed by atoms with Gasteiger partial charge < -0.3 is 19.6 Å². The molecule has 0 aliphatic carbocycles. The molecule has 2 amide bonds. The van der Waals surface area contributed by atoms with E-state index in [4.69, 9.17) is 4.74 Å². The number of carboxylic acid groups (broad SMARTS) is 1. The number of hydrogen-bond donors (Lipinski definition) is 2. The highest BCUT2D eigenvalue weighted by molar-refractivity contribution is 7.99. The molecule has 0 bridgehead atoms. The van der Waals surface area contributed by atoms with Gasteiger partial charge in [0.05, 0.1) is 12.6 Å². The van der Waals surface area contributed by atoms with Crippen LogP contribution < -0.4 is 5.32 Å². The van der Waals surface area contributed by atoms with Crippen LogP contribution in [-0.4, -0.2) is 94.0 Å². The van der Waals surface area contributed by atoms with Crippen molar-refractivity contribution < 1.29 is 29.0 Å². The van der Waals surface area contributed by atoms with Crippen molar-refractivity contribution in [1.82, 2.24) is 15.1 Å². The molecule has 0 aromatic heterocycles. The first kappa shape index (κ1) is 29.4. The third-order valence-electron chi connectivity index (χ3n) is 6.71. The van der Waals surface area contributed by atoms with E-state index in [0.717, 1.165) is 12.2 Å². The summed E-state index contributed by atoms with van der Waals surface area (Å²) in [5, 5.41) is 12.6. The number of carbonyl (C=O) groups is 4. The first-order chi connectivity index (χ1) is 16.8. The number of likely N-dealkylation sites (tertiary alicyclic amines) is 2. The Labute approximate surface area is 213 Å². The SMILES string of the molecule is CCCCCCCSC[C@H](NC(C)C(=O)N1CCC[C@H]1C(=O)N1CCC[C@H]1C(=O)O)C(=O)OCC. The van der Waals surface area contributed by atoms with Crippen LogP contribution in [0.2, 0.25) is 0 Å². The molecule has 2 N–H and O–H groups in total. The van der Waals surface area contributed by atoms with E-state index in [0.29, 0.717) is 44.5 Å². The summed E-state index contributed by atoms with van der Waals surface area (Å²) < 4.78 is 5.23. The smallest absolute Gasteiger partial charge is 0.326 e. The van der Waals surface area contributed by atoms with Gasteiger partial charge in [-0.1, -0.05) is 32.6 Å². The number of carbonyl (C=O) groups excluding carboxylic acids is 3. The summed E-state index contributed by atoms with van der Waals surface area (Å²) in [4.78, 5) is 53.5. The molecular weight excluding hydrogens is 470 g/mol. The Hall–Kier alpha value is -1.81. The number of nitrogens with zero attached hydrogens (tertiary/aromatic N) is 2. The zero-order valence-corrected chi connectivity index (χ0v) is 22.3. The number of aliphatic carboxylic acids is 1. The average molecular weight is 514 g/mol. The number of unbranched alkanes of at least 4 members (excludes halogenated alkanes) is 4. The zero-order chi connectivity index (χ0) is 25.8. The Bertz CT molecular complexity index is 721. The van der Waals surface area contributed by atoms with Crippen LogP contribution in [0.25, 0.3) is 0 Å². The molecule has 2 aliphatic rings. The lowest BCUT2D eigenvalue weighted by molar-refractivity contribution is -0.152. The number of esters is 1. The molecule has 200 valence electrons. The summed E-state index contributed by atoms with van der Waals surface area (Å²) in [6.07, 6.45) is 8.25. The van der Waals surface area contributed by atoms with Crippen LogP contribution in [0.1, 0.15) is 78.6 Å². The fourth-order valence-corrected chi connectivity index (χ4v) is 5.87. The molecule has 2 heterocycles. The van der Waals surface area contributed by atoms with Gasteiger partial charge in [0.15, 0.2) is 0 Å². The maximum Gasteiger partial charge on any atom is 0.326 e. The minimum Gasteiger partial charge on any atom is -0.480 e. The van der Waals surface area contributed by atoms with Crippen molar-refractivity contribution in [2.24, 2.45) is 0 Å². The van der Waals surface area contributed by atoms with Gasteiger partial charge in [-0.25, -0.2) is 4.79 Å². The fourth-order valence-electron chi connectivity index (χ4n) is 4.82. The molecule has 2 fully saturated rings. The van der Waals surface area contributed by atoms with E-state index in [1.807, 2.05) is 0 Å². The topological polar surface area (TPSA) is 116 Å². The standard InChI is InChI=1S/C25H43N3O6S/c1-4-6-7-8-9-16-35-17-19(25(33)34-5-2)26-18(3)22(29)27-14-10-12-20(27)23(30)28-15-11-13-21(28)24(31)32/h18-21,26H,4-17H2,1-3H3,(H,31,32)/t18?,19-,20-,21-/m0/s1. The van der Waals surface area contributed by atoms with Gasteiger partial charge >= 0.3 is 11.9 Å². The predicted octanol–water partition coefficient (Wildman–Crippen LogP) is 2.67. The Balaban J connectivity index is 1.94. The Morgan fingerprint density at radius 1 is 1.00 bits per heavy atom. The minimum absolute atomic E-state index is 0.245. The summed E-state index contributed by atoms with van der Waals surface area (Å²) in [5.74, 6) is -0.435. The van der Waals surface area contributed by atoms with Gasteiger partial charge in [0.1, 0.15) is 18.1 Å². The number of carboxylic acids is 1. The summed E-state index contributed by atoms with van der Waals surface area (Å²) in [5.41, 5.74) is 0. The number of thioether (sulfide) groups is 1. The van der Waals surface area contributed by atoms with E-state index in [1.54, 1.807) is 30.5 Å². The van der Waals surface area contributed by atoms with Crippen LogP contribution >= 0.6 is 11.8 Å². The van der Waals surface area contributed by atoms with E-state index in [9.17, 15) is 24.3 Å². The van der Waals surface area contributed by atoms with Gasteiger partial charge in [-0.3, -0.25) is 19.7 Å². The van der Waals surface area contributed by atoms with Gasteiger partial charge in [0.25, 0.3) is 0 Å². The van der Waals surface area contributed by atoms with Crippen LogP contribution in [0.5, 0.6) is 0 Å². The Morgan fingerprint density at radius 3 is 2.31 bits per heavy atom. The lowest BCUT2D eigenvalue weighted by Gasteiger charge is -2.32. The molecular formula is C25H43N3O6S. The molecule has 2 rings (SSSR count). The van der Waals surface area contributed by atoms with E-state index >= 15 is 0 Å². The van der Waals surface area contributed by atoms with Gasteiger partial charge in [-0.2, -0.15) is 11.8 Å². The molecule has 1 unspecified atom stereocenters. The highest BCUT2D eigenvalue weighted by Crippen LogP contribution is 2.25. The molecule has 0 saturated carbocycles. The zero-order valence-electron chi connectivity index (χ0n) is 21.5. The van der Waals surface area contributed by atoms with E-state index in [-0.39, 0.29) is 24.4 Å². The lowest BCUT2D eigenvalue weighted by Crippen LogP contribution is -2.56. The average Bonchev–Trinajstić information content (AvgIpc) is 3.52. The van der Waals surface area contributed by atoms with Crippen LogP contribution in [0.15, 0.2) is 0 Å². The molecule has 2 aliphatic heterocycles. The van der Waals surface area contributed by atoms with Crippen LogP contribution in [-0.2, 0) is 23.9 Å². The first-order valence-corrected chi connectivity index (χ1v) is 14.3. The second-order valence-corrected chi connectivity index (χ2v) is 10.5. The van der Waals surface area contributed by atoms with Crippen LogP contribution in [0.3, 0.4) is 0 Å². The number of nitrogens with one attached hydrogen (secondary N) is 1. The van der Waals surface area contributed by atoms with Crippen molar-refractivity contribution in [3.8, 4) is 0 Å². The molecule has 0 radical (unpaired) electrons. The second kappa shape index (κ2) is 15.3. The highest BCUT2D eigenvalue weighted by Gasteiger charge is 2.43. The second-order valence-electron chi connectivity index (χ2n) is 9.40. The van der Waals surface area contributed by atoms with Crippen molar-refractivity contribution >= 4 is 35.5 Å². The molecule has 2 saturated heterocycles. The van der Waals surface area contributed by atoms with Crippen molar-refractivity contribution in [2.75, 3.05) is 31.2 Å². The maximum atomic E-state index is 13.3. The Morgan fingerprint density at radius 2 is 1.66 bits per heavy atom. The van der Waals surface area contributed by atoms with Gasteiger partial charge in [-0.05, 0) is 51.7 Å². The quantitative estimate of drug-likeness (QED) is 0.254. The molecule has 35 heavy (non-hydrogen) atoms. The Kier molecular flexibility index (Phi) is 12.9. The summed E-state index contributed by atoms with van der Waals surface area (Å²) in [6.45, 7) is 6.77. The van der Waals surface area contributed by atoms with Crippen molar-refractivity contribution in [3.63, 3.8) is 0 Å². The van der Waals surface area contributed by atoms with Crippen molar-refractivity contribution in [3.05, 3.63) is 0 Å². The van der Waals surface area contributed by atoms with Crippen LogP contribution in [0, 0.1) is 0 Å². The molecule has 0 aromatic rings. The van der Waals surface area contributed by atoms with E-state index in [2.05, 4.69) is 12.2 Å². The maximum absolute atomic E-state index is 13.3. The van der Waals surface area contributed by atoms with Crippen molar-refractivity contribution in [1.29, 1.82) is 0 Å². The largest absolute Gasteiger partial charge is 0.480 e. The molecule has 0 aromatic carbocycles. The number of hydrogen-bond acceptors (Lipinski definition) is 7. The van der Waals surface area contributed by atoms with E-state index in [1.165, 1.54) is 30.6 Å². The number of rotatable bonds is 15. The summed E-state index contributed by atoms with van der Waals surface area (Å²) in [6, 6.07) is -2.74. The van der Waals surface area contributed by atoms with Crippen LogP contribution in [0.4, 0.5) is 0 Å². The third-order valence-corrected chi connectivity index (χ3v) is 7.86. The lowest BCUT2D eigenvalue weighted by atomic mass is 10.1. The van der Waals surface area contributed by atoms with E-state index < -0.39 is 30.1 Å². The molecule has 10 heteroatoms. The van der Waals surface area contributed by atoms with Gasteiger partial charge in [0, 0.05) is 18.8 Å². The predicted molar refractivity (Wildman–Crippen MR) is 136 cm³/mol. The summed E-state index contributed by atoms with van der Waals surface area (Å²) in [7, 11) is 0. The third kappa shape index (κ3) is 8.66. The normalized spacial score (nSPS) is 21.7. The van der Waals surface area contributed by atoms with Gasteiger partial charge in [-0.15, -0.1) is 0 Å². The number of amides is 2. The monoisotopic (exact) mass is 513 g/mol. The molecule has 0 spiro atoms. The minimum atomic E-state index is -0.998. The van der Waals surface area contributed by atoms with Crippen molar-refractivity contribution in [2.45, 2.75) is 103 Å². The first-order valence-electron chi connectivity index (χ1n) is 13.2. The summed E-state index contributed by atoms with van der Waals surface area (Å²) >= 11 is 1.68.